The van der Waals surface area contributed by atoms with Gasteiger partial charge in [-0.2, -0.15) is 5.26 Å². The number of hydrogen-bond acceptors (Lipinski definition) is 4. The highest BCUT2D eigenvalue weighted by Crippen LogP contribution is 2.21. The fourth-order valence-corrected chi connectivity index (χ4v) is 3.76. The van der Waals surface area contributed by atoms with Crippen molar-refractivity contribution in [2.75, 3.05) is 37.7 Å². The van der Waals surface area contributed by atoms with Gasteiger partial charge in [0.25, 0.3) is 0 Å². The summed E-state index contributed by atoms with van der Waals surface area (Å²) in [5.41, 5.74) is 2.55. The molecular weight excluding hydrogens is 346 g/mol. The van der Waals surface area contributed by atoms with Crippen LogP contribution in [-0.2, 0) is 11.3 Å². The molecule has 0 aromatic heterocycles. The van der Waals surface area contributed by atoms with Gasteiger partial charge in [0, 0.05) is 18.8 Å². The average Bonchev–Trinajstić information content (AvgIpc) is 3.28. The number of para-hydroxylation sites is 1. The smallest absolute Gasteiger partial charge is 0.0677 e. The zero-order chi connectivity index (χ0) is 19.6. The highest BCUT2D eigenvalue weighted by atomic mass is 16.5. The number of nitrogens with zero attached hydrogens (tertiary/aromatic N) is 3. The van der Waals surface area contributed by atoms with Gasteiger partial charge in [-0.25, -0.2) is 0 Å². The Bertz CT molecular complexity index is 723. The van der Waals surface area contributed by atoms with Gasteiger partial charge < -0.3 is 9.64 Å². The summed E-state index contributed by atoms with van der Waals surface area (Å²) >= 11 is 0. The summed E-state index contributed by atoms with van der Waals surface area (Å²) in [7, 11) is 0. The number of rotatable bonds is 10. The SMILES string of the molecule is CC(C#N)COCC(CN(Cc1ccccc1)c1ccccc1)N1CCCC1. The second-order valence-electron chi connectivity index (χ2n) is 7.67. The predicted molar refractivity (Wildman–Crippen MR) is 114 cm³/mol. The zero-order valence-corrected chi connectivity index (χ0v) is 16.8. The van der Waals surface area contributed by atoms with Crippen LogP contribution in [0.25, 0.3) is 0 Å². The molecule has 1 aliphatic rings. The Morgan fingerprint density at radius 2 is 1.64 bits per heavy atom. The Kier molecular flexibility index (Phi) is 7.90. The van der Waals surface area contributed by atoms with Crippen LogP contribution in [0.2, 0.25) is 0 Å². The van der Waals surface area contributed by atoms with Crippen molar-refractivity contribution in [1.29, 1.82) is 5.26 Å². The first-order valence-electron chi connectivity index (χ1n) is 10.3. The van der Waals surface area contributed by atoms with Gasteiger partial charge in [-0.05, 0) is 50.6 Å². The second-order valence-corrected chi connectivity index (χ2v) is 7.67. The summed E-state index contributed by atoms with van der Waals surface area (Å²) < 4.78 is 5.96. The van der Waals surface area contributed by atoms with Gasteiger partial charge in [0.1, 0.15) is 0 Å². The summed E-state index contributed by atoms with van der Waals surface area (Å²) in [4.78, 5) is 5.01. The van der Waals surface area contributed by atoms with Crippen molar-refractivity contribution in [2.24, 2.45) is 5.92 Å². The number of ether oxygens (including phenoxy) is 1. The van der Waals surface area contributed by atoms with Gasteiger partial charge in [0.2, 0.25) is 0 Å². The highest BCUT2D eigenvalue weighted by Gasteiger charge is 2.25. The van der Waals surface area contributed by atoms with Gasteiger partial charge in [0.05, 0.1) is 31.2 Å². The van der Waals surface area contributed by atoms with E-state index in [1.54, 1.807) is 0 Å². The molecule has 0 spiro atoms. The van der Waals surface area contributed by atoms with E-state index in [-0.39, 0.29) is 5.92 Å². The number of nitriles is 1. The minimum Gasteiger partial charge on any atom is -0.378 e. The van der Waals surface area contributed by atoms with Crippen LogP contribution in [0.1, 0.15) is 25.3 Å². The molecule has 2 aromatic rings. The molecule has 4 nitrogen and oxygen atoms in total. The molecule has 0 N–H and O–H groups in total. The third kappa shape index (κ3) is 6.09. The maximum atomic E-state index is 9.02. The fourth-order valence-electron chi connectivity index (χ4n) is 3.76. The Labute approximate surface area is 169 Å². The van der Waals surface area contributed by atoms with Crippen molar-refractivity contribution in [3.63, 3.8) is 0 Å². The first-order chi connectivity index (χ1) is 13.8. The number of benzene rings is 2. The molecule has 1 aliphatic heterocycles. The lowest BCUT2D eigenvalue weighted by Crippen LogP contribution is -2.45. The topological polar surface area (TPSA) is 39.5 Å². The van der Waals surface area contributed by atoms with Crippen LogP contribution in [0.3, 0.4) is 0 Å². The minimum atomic E-state index is -0.0613. The molecular formula is C24H31N3O. The molecule has 0 radical (unpaired) electrons. The van der Waals surface area contributed by atoms with Crippen LogP contribution in [0.4, 0.5) is 5.69 Å². The maximum Gasteiger partial charge on any atom is 0.0677 e. The van der Waals surface area contributed by atoms with Gasteiger partial charge in [0.15, 0.2) is 0 Å². The summed E-state index contributed by atoms with van der Waals surface area (Å²) in [5.74, 6) is -0.0613. The van der Waals surface area contributed by atoms with Gasteiger partial charge in [-0.15, -0.1) is 0 Å². The zero-order valence-electron chi connectivity index (χ0n) is 16.8. The van der Waals surface area contributed by atoms with Crippen molar-refractivity contribution in [3.8, 4) is 6.07 Å². The van der Waals surface area contributed by atoms with Crippen molar-refractivity contribution in [3.05, 3.63) is 66.2 Å². The first kappa shape index (κ1) is 20.4. The molecule has 0 saturated carbocycles. The lowest BCUT2D eigenvalue weighted by molar-refractivity contribution is 0.0620. The van der Waals surface area contributed by atoms with E-state index in [1.807, 2.05) is 6.92 Å². The van der Waals surface area contributed by atoms with Gasteiger partial charge in [-0.1, -0.05) is 48.5 Å². The quantitative estimate of drug-likeness (QED) is 0.618. The first-order valence-corrected chi connectivity index (χ1v) is 10.3. The number of hydrogen-bond donors (Lipinski definition) is 0. The molecule has 1 fully saturated rings. The van der Waals surface area contributed by atoms with Gasteiger partial charge in [-0.3, -0.25) is 4.90 Å². The molecule has 2 atom stereocenters. The van der Waals surface area contributed by atoms with Crippen LogP contribution in [-0.4, -0.2) is 43.8 Å². The lowest BCUT2D eigenvalue weighted by Gasteiger charge is -2.34. The Morgan fingerprint density at radius 1 is 1.00 bits per heavy atom. The third-order valence-corrected chi connectivity index (χ3v) is 5.32. The molecule has 2 unspecified atom stereocenters. The lowest BCUT2D eigenvalue weighted by atomic mass is 10.1. The largest absolute Gasteiger partial charge is 0.378 e. The van der Waals surface area contributed by atoms with Crippen molar-refractivity contribution < 1.29 is 4.74 Å². The Morgan fingerprint density at radius 3 is 2.29 bits per heavy atom. The molecule has 1 saturated heterocycles. The average molecular weight is 378 g/mol. The molecule has 0 amide bonds. The molecule has 4 heteroatoms. The van der Waals surface area contributed by atoms with Gasteiger partial charge >= 0.3 is 0 Å². The predicted octanol–water partition coefficient (Wildman–Crippen LogP) is 4.33. The van der Waals surface area contributed by atoms with Crippen molar-refractivity contribution in [1.82, 2.24) is 4.90 Å². The van der Waals surface area contributed by atoms with E-state index < -0.39 is 0 Å². The second kappa shape index (κ2) is 10.8. The maximum absolute atomic E-state index is 9.02. The summed E-state index contributed by atoms with van der Waals surface area (Å²) in [6, 6.07) is 23.9. The molecule has 0 aliphatic carbocycles. The third-order valence-electron chi connectivity index (χ3n) is 5.32. The van der Waals surface area contributed by atoms with E-state index in [0.29, 0.717) is 19.3 Å². The molecule has 2 aromatic carbocycles. The summed E-state index contributed by atoms with van der Waals surface area (Å²) in [6.07, 6.45) is 2.52. The molecule has 1 heterocycles. The summed E-state index contributed by atoms with van der Waals surface area (Å²) in [5, 5.41) is 9.02. The molecule has 0 bridgehead atoms. The normalized spacial score (nSPS) is 16.4. The van der Waals surface area contributed by atoms with E-state index >= 15 is 0 Å². The van der Waals surface area contributed by atoms with Crippen LogP contribution >= 0.6 is 0 Å². The van der Waals surface area contributed by atoms with E-state index in [4.69, 9.17) is 10.00 Å². The molecule has 3 rings (SSSR count). The Hall–Kier alpha value is -2.35. The minimum absolute atomic E-state index is 0.0613. The fraction of sp³-hybridized carbons (Fsp3) is 0.458. The van der Waals surface area contributed by atoms with E-state index in [2.05, 4.69) is 76.5 Å². The van der Waals surface area contributed by atoms with E-state index in [9.17, 15) is 0 Å². The van der Waals surface area contributed by atoms with Crippen LogP contribution in [0, 0.1) is 17.2 Å². The van der Waals surface area contributed by atoms with Crippen LogP contribution in [0.15, 0.2) is 60.7 Å². The van der Waals surface area contributed by atoms with E-state index in [0.717, 1.165) is 26.2 Å². The van der Waals surface area contributed by atoms with Crippen molar-refractivity contribution >= 4 is 5.69 Å². The molecule has 148 valence electrons. The standard InChI is InChI=1S/C24H31N3O/c1-21(16-25)19-28-20-24(26-14-8-9-15-26)18-27(23-12-6-3-7-13-23)17-22-10-4-2-5-11-22/h2-7,10-13,21,24H,8-9,14-15,17-20H2,1H3. The number of anilines is 1. The Balaban J connectivity index is 1.73. The monoisotopic (exact) mass is 377 g/mol. The van der Waals surface area contributed by atoms with Crippen molar-refractivity contribution in [2.45, 2.75) is 32.4 Å². The van der Waals surface area contributed by atoms with Crippen LogP contribution in [0.5, 0.6) is 0 Å². The summed E-state index contributed by atoms with van der Waals surface area (Å²) in [6.45, 7) is 7.15. The molecule has 28 heavy (non-hydrogen) atoms. The van der Waals surface area contributed by atoms with Crippen LogP contribution < -0.4 is 4.90 Å². The number of likely N-dealkylation sites (tertiary alicyclic amines) is 1. The highest BCUT2D eigenvalue weighted by molar-refractivity contribution is 5.47. The van der Waals surface area contributed by atoms with E-state index in [1.165, 1.54) is 24.1 Å².